The molecular formula is C12H23NO5. The van der Waals surface area contributed by atoms with E-state index in [4.69, 9.17) is 18.9 Å². The van der Waals surface area contributed by atoms with Crippen molar-refractivity contribution in [3.05, 3.63) is 0 Å². The summed E-state index contributed by atoms with van der Waals surface area (Å²) in [7, 11) is 0. The zero-order valence-electron chi connectivity index (χ0n) is 11.2. The van der Waals surface area contributed by atoms with Crippen LogP contribution in [0.3, 0.4) is 0 Å². The molecule has 1 atom stereocenters. The fraction of sp³-hybridized carbons (Fsp3) is 0.917. The van der Waals surface area contributed by atoms with E-state index < -0.39 is 0 Å². The molecule has 1 rings (SSSR count). The van der Waals surface area contributed by atoms with Gasteiger partial charge in [-0.05, 0) is 13.8 Å². The number of amides is 1. The Morgan fingerprint density at radius 3 is 2.78 bits per heavy atom. The van der Waals surface area contributed by atoms with Crippen molar-refractivity contribution in [2.75, 3.05) is 52.7 Å². The maximum absolute atomic E-state index is 11.5. The number of carbonyl (C=O) groups is 1. The molecular weight excluding hydrogens is 238 g/mol. The first-order valence-electron chi connectivity index (χ1n) is 6.46. The van der Waals surface area contributed by atoms with Gasteiger partial charge in [0.15, 0.2) is 0 Å². The first kappa shape index (κ1) is 15.2. The maximum atomic E-state index is 11.5. The molecule has 0 saturated carbocycles. The molecule has 18 heavy (non-hydrogen) atoms. The third kappa shape index (κ3) is 5.66. The molecule has 0 bridgehead atoms. The minimum atomic E-state index is -0.278. The normalized spacial score (nSPS) is 19.9. The summed E-state index contributed by atoms with van der Waals surface area (Å²) in [4.78, 5) is 13.2. The van der Waals surface area contributed by atoms with Gasteiger partial charge in [0.2, 0.25) is 0 Å². The monoisotopic (exact) mass is 261 g/mol. The quantitative estimate of drug-likeness (QED) is 0.637. The van der Waals surface area contributed by atoms with Gasteiger partial charge in [-0.15, -0.1) is 0 Å². The van der Waals surface area contributed by atoms with Crippen LogP contribution in [-0.4, -0.2) is 69.8 Å². The van der Waals surface area contributed by atoms with Gasteiger partial charge in [-0.1, -0.05) is 0 Å². The molecule has 1 amide bonds. The van der Waals surface area contributed by atoms with Gasteiger partial charge >= 0.3 is 6.09 Å². The molecule has 0 spiro atoms. The fourth-order valence-corrected chi connectivity index (χ4v) is 1.68. The predicted octanol–water partition coefficient (Wildman–Crippen LogP) is 0.897. The molecule has 1 saturated heterocycles. The van der Waals surface area contributed by atoms with Gasteiger partial charge in [-0.3, -0.25) is 0 Å². The highest BCUT2D eigenvalue weighted by Crippen LogP contribution is 2.07. The molecule has 1 aliphatic heterocycles. The minimum Gasteiger partial charge on any atom is -0.450 e. The summed E-state index contributed by atoms with van der Waals surface area (Å²) in [5, 5.41) is 0. The average Bonchev–Trinajstić information content (AvgIpc) is 2.39. The van der Waals surface area contributed by atoms with Crippen LogP contribution in [-0.2, 0) is 18.9 Å². The van der Waals surface area contributed by atoms with Gasteiger partial charge in [-0.2, -0.15) is 0 Å². The Kier molecular flexibility index (Phi) is 7.71. The van der Waals surface area contributed by atoms with E-state index in [-0.39, 0.29) is 12.2 Å². The molecule has 0 aliphatic carbocycles. The summed E-state index contributed by atoms with van der Waals surface area (Å²) in [6.45, 7) is 8.07. The number of nitrogens with zero attached hydrogens (tertiary/aromatic N) is 1. The SMILES string of the molecule is CCOCCOCC1CN(C(=O)OCC)CCO1. The van der Waals surface area contributed by atoms with Crippen LogP contribution in [0.2, 0.25) is 0 Å². The average molecular weight is 261 g/mol. The minimum absolute atomic E-state index is 0.0789. The predicted molar refractivity (Wildman–Crippen MR) is 65.6 cm³/mol. The Morgan fingerprint density at radius 1 is 1.28 bits per heavy atom. The van der Waals surface area contributed by atoms with Crippen LogP contribution >= 0.6 is 0 Å². The van der Waals surface area contributed by atoms with Crippen LogP contribution in [0.4, 0.5) is 4.79 Å². The Hall–Kier alpha value is -0.850. The van der Waals surface area contributed by atoms with Crippen molar-refractivity contribution in [1.29, 1.82) is 0 Å². The third-order valence-electron chi connectivity index (χ3n) is 2.54. The van der Waals surface area contributed by atoms with E-state index in [1.54, 1.807) is 11.8 Å². The van der Waals surface area contributed by atoms with Crippen LogP contribution in [0.25, 0.3) is 0 Å². The Labute approximate surface area is 108 Å². The summed E-state index contributed by atoms with van der Waals surface area (Å²) in [6, 6.07) is 0. The highest BCUT2D eigenvalue weighted by Gasteiger charge is 2.24. The molecule has 106 valence electrons. The van der Waals surface area contributed by atoms with E-state index in [0.29, 0.717) is 52.7 Å². The van der Waals surface area contributed by atoms with Gasteiger partial charge in [0.25, 0.3) is 0 Å². The standard InChI is InChI=1S/C12H23NO5/c1-3-15-7-8-16-10-11-9-13(5-6-18-11)12(14)17-4-2/h11H,3-10H2,1-2H3. The van der Waals surface area contributed by atoms with E-state index in [2.05, 4.69) is 0 Å². The molecule has 6 nitrogen and oxygen atoms in total. The zero-order valence-corrected chi connectivity index (χ0v) is 11.2. The van der Waals surface area contributed by atoms with E-state index in [9.17, 15) is 4.79 Å². The van der Waals surface area contributed by atoms with Crippen LogP contribution < -0.4 is 0 Å². The number of morpholine rings is 1. The molecule has 1 heterocycles. The van der Waals surface area contributed by atoms with E-state index >= 15 is 0 Å². The number of rotatable bonds is 7. The molecule has 0 aromatic carbocycles. The number of ether oxygens (including phenoxy) is 4. The molecule has 6 heteroatoms. The van der Waals surface area contributed by atoms with Gasteiger partial charge < -0.3 is 23.8 Å². The summed E-state index contributed by atoms with van der Waals surface area (Å²) >= 11 is 0. The lowest BCUT2D eigenvalue weighted by atomic mass is 10.3. The molecule has 1 unspecified atom stereocenters. The van der Waals surface area contributed by atoms with Crippen LogP contribution in [0, 0.1) is 0 Å². The smallest absolute Gasteiger partial charge is 0.409 e. The van der Waals surface area contributed by atoms with Crippen molar-refractivity contribution in [1.82, 2.24) is 4.90 Å². The van der Waals surface area contributed by atoms with Crippen molar-refractivity contribution >= 4 is 6.09 Å². The van der Waals surface area contributed by atoms with E-state index in [1.807, 2.05) is 6.92 Å². The van der Waals surface area contributed by atoms with Crippen molar-refractivity contribution in [2.24, 2.45) is 0 Å². The highest BCUT2D eigenvalue weighted by atomic mass is 16.6. The number of hydrogen-bond acceptors (Lipinski definition) is 5. The third-order valence-corrected chi connectivity index (χ3v) is 2.54. The largest absolute Gasteiger partial charge is 0.450 e. The lowest BCUT2D eigenvalue weighted by Gasteiger charge is -2.31. The molecule has 0 N–H and O–H groups in total. The van der Waals surface area contributed by atoms with Crippen molar-refractivity contribution in [2.45, 2.75) is 20.0 Å². The van der Waals surface area contributed by atoms with E-state index in [1.165, 1.54) is 0 Å². The molecule has 1 aliphatic rings. The van der Waals surface area contributed by atoms with Crippen LogP contribution in [0.15, 0.2) is 0 Å². The Balaban J connectivity index is 2.16. The van der Waals surface area contributed by atoms with Gasteiger partial charge in [0.1, 0.15) is 0 Å². The Bertz CT molecular complexity index is 237. The lowest BCUT2D eigenvalue weighted by molar-refractivity contribution is -0.0712. The second kappa shape index (κ2) is 9.13. The van der Waals surface area contributed by atoms with Crippen molar-refractivity contribution < 1.29 is 23.7 Å². The lowest BCUT2D eigenvalue weighted by Crippen LogP contribution is -2.47. The maximum Gasteiger partial charge on any atom is 0.409 e. The van der Waals surface area contributed by atoms with Crippen LogP contribution in [0.5, 0.6) is 0 Å². The first-order chi connectivity index (χ1) is 8.77. The summed E-state index contributed by atoms with van der Waals surface area (Å²) in [6.07, 6.45) is -0.357. The van der Waals surface area contributed by atoms with Crippen molar-refractivity contribution in [3.63, 3.8) is 0 Å². The van der Waals surface area contributed by atoms with Gasteiger partial charge in [0, 0.05) is 13.2 Å². The molecule has 0 aromatic rings. The summed E-state index contributed by atoms with van der Waals surface area (Å²) < 4.78 is 21.1. The highest BCUT2D eigenvalue weighted by molar-refractivity contribution is 5.67. The van der Waals surface area contributed by atoms with Crippen molar-refractivity contribution in [3.8, 4) is 0 Å². The number of carbonyl (C=O) groups excluding carboxylic acids is 1. The molecule has 0 aromatic heterocycles. The van der Waals surface area contributed by atoms with Gasteiger partial charge in [0.05, 0.1) is 45.7 Å². The molecule has 1 fully saturated rings. The summed E-state index contributed by atoms with van der Waals surface area (Å²) in [5.74, 6) is 0. The van der Waals surface area contributed by atoms with Crippen LogP contribution in [0.1, 0.15) is 13.8 Å². The number of hydrogen-bond donors (Lipinski definition) is 0. The second-order valence-corrected chi connectivity index (χ2v) is 3.91. The second-order valence-electron chi connectivity index (χ2n) is 3.91. The molecule has 0 radical (unpaired) electrons. The first-order valence-corrected chi connectivity index (χ1v) is 6.46. The van der Waals surface area contributed by atoms with E-state index in [0.717, 1.165) is 0 Å². The summed E-state index contributed by atoms with van der Waals surface area (Å²) in [5.41, 5.74) is 0. The fourth-order valence-electron chi connectivity index (χ4n) is 1.68. The van der Waals surface area contributed by atoms with Gasteiger partial charge in [-0.25, -0.2) is 4.79 Å². The topological polar surface area (TPSA) is 57.2 Å². The zero-order chi connectivity index (χ0) is 13.2. The Morgan fingerprint density at radius 2 is 2.06 bits per heavy atom.